The molecule has 11 heteroatoms. The van der Waals surface area contributed by atoms with E-state index in [4.69, 9.17) is 11.6 Å². The Morgan fingerprint density at radius 2 is 1.88 bits per heavy atom. The van der Waals surface area contributed by atoms with Crippen LogP contribution in [0, 0.1) is 11.8 Å². The van der Waals surface area contributed by atoms with E-state index in [0.29, 0.717) is 15.9 Å². The van der Waals surface area contributed by atoms with Gasteiger partial charge >= 0.3 is 5.97 Å². The normalized spacial score (nSPS) is 17.2. The smallest absolute Gasteiger partial charge is 0.341 e. The molecule has 4 aromatic heterocycles. The minimum Gasteiger partial charge on any atom is -0.477 e. The zero-order chi connectivity index (χ0) is 27.8. The molecule has 1 fully saturated rings. The van der Waals surface area contributed by atoms with Gasteiger partial charge in [-0.3, -0.25) is 9.69 Å². The molecule has 0 unspecified atom stereocenters. The van der Waals surface area contributed by atoms with Gasteiger partial charge in [0.05, 0.1) is 22.3 Å². The predicted octanol–water partition coefficient (Wildman–Crippen LogP) is 6.35. The minimum atomic E-state index is -1.14. The number of anilines is 1. The van der Waals surface area contributed by atoms with E-state index in [0.717, 1.165) is 47.5 Å². The van der Waals surface area contributed by atoms with Crippen LogP contribution >= 0.6 is 22.9 Å². The number of carboxylic acids is 1. The third-order valence-corrected chi connectivity index (χ3v) is 8.63. The standard InChI is InChI=1S/C29H27ClN6O3S/c1-18-3-5-20(6-4-18)28(37)34(16-22-11-12-25(30)40-22)27-23(29(38)39)17-36(33-27)21-9-7-19(8-10-21)24-15-26-31-13-2-14-35(26)32-24/h2,7-15,17-18,20H,3-6,16H2,1H3,(H,38,39). The van der Waals surface area contributed by atoms with E-state index in [2.05, 4.69) is 22.1 Å². The number of carbonyl (C=O) groups excluding carboxylic acids is 1. The Bertz CT molecular complexity index is 1650. The molecule has 1 aliphatic carbocycles. The highest BCUT2D eigenvalue weighted by atomic mass is 35.5. The summed E-state index contributed by atoms with van der Waals surface area (Å²) >= 11 is 7.54. The molecule has 9 nitrogen and oxygen atoms in total. The van der Waals surface area contributed by atoms with Gasteiger partial charge in [0.15, 0.2) is 11.5 Å². The maximum atomic E-state index is 13.9. The molecule has 0 spiro atoms. The van der Waals surface area contributed by atoms with Crippen LogP contribution in [0.1, 0.15) is 47.8 Å². The first kappa shape index (κ1) is 26.2. The van der Waals surface area contributed by atoms with Gasteiger partial charge in [0, 0.05) is 41.0 Å². The number of benzene rings is 1. The van der Waals surface area contributed by atoms with Crippen molar-refractivity contribution in [2.45, 2.75) is 39.2 Å². The summed E-state index contributed by atoms with van der Waals surface area (Å²) in [7, 11) is 0. The summed E-state index contributed by atoms with van der Waals surface area (Å²) in [5, 5.41) is 19.3. The minimum absolute atomic E-state index is 0.0318. The molecule has 1 aromatic carbocycles. The number of fused-ring (bicyclic) bond motifs is 1. The van der Waals surface area contributed by atoms with Crippen LogP contribution in [-0.2, 0) is 11.3 Å². The van der Waals surface area contributed by atoms with Gasteiger partial charge in [-0.2, -0.15) is 5.10 Å². The molecule has 1 saturated carbocycles. The fourth-order valence-corrected chi connectivity index (χ4v) is 6.26. The van der Waals surface area contributed by atoms with E-state index in [-0.39, 0.29) is 29.8 Å². The highest BCUT2D eigenvalue weighted by Gasteiger charge is 2.33. The molecule has 40 heavy (non-hydrogen) atoms. The topological polar surface area (TPSA) is 106 Å². The summed E-state index contributed by atoms with van der Waals surface area (Å²) in [5.41, 5.74) is 3.03. The first-order chi connectivity index (χ1) is 19.4. The van der Waals surface area contributed by atoms with Gasteiger partial charge in [-0.25, -0.2) is 19.0 Å². The average molecular weight is 575 g/mol. The van der Waals surface area contributed by atoms with Gasteiger partial charge in [-0.15, -0.1) is 16.4 Å². The summed E-state index contributed by atoms with van der Waals surface area (Å²) in [6, 6.07) is 14.9. The van der Waals surface area contributed by atoms with Gasteiger partial charge < -0.3 is 5.11 Å². The van der Waals surface area contributed by atoms with Gasteiger partial charge in [-0.1, -0.05) is 30.7 Å². The van der Waals surface area contributed by atoms with E-state index in [1.165, 1.54) is 27.1 Å². The van der Waals surface area contributed by atoms with E-state index < -0.39 is 5.97 Å². The molecule has 4 heterocycles. The molecule has 0 saturated heterocycles. The third-order valence-electron chi connectivity index (χ3n) is 7.42. The zero-order valence-electron chi connectivity index (χ0n) is 21.8. The van der Waals surface area contributed by atoms with Crippen molar-refractivity contribution in [3.05, 3.63) is 81.9 Å². The van der Waals surface area contributed by atoms with Crippen molar-refractivity contribution in [1.29, 1.82) is 0 Å². The van der Waals surface area contributed by atoms with Gasteiger partial charge in [0.1, 0.15) is 5.56 Å². The van der Waals surface area contributed by atoms with Crippen molar-refractivity contribution >= 4 is 46.3 Å². The van der Waals surface area contributed by atoms with E-state index in [9.17, 15) is 14.7 Å². The number of carboxylic acid groups (broad SMARTS) is 1. The Hall–Kier alpha value is -4.02. The predicted molar refractivity (Wildman–Crippen MR) is 154 cm³/mol. The highest BCUT2D eigenvalue weighted by molar-refractivity contribution is 7.16. The monoisotopic (exact) mass is 574 g/mol. The van der Waals surface area contributed by atoms with E-state index in [1.807, 2.05) is 48.7 Å². The molecular weight excluding hydrogens is 548 g/mol. The number of amides is 1. The lowest BCUT2D eigenvalue weighted by Crippen LogP contribution is -2.38. The van der Waals surface area contributed by atoms with Crippen molar-refractivity contribution in [3.8, 4) is 16.9 Å². The Kier molecular flexibility index (Phi) is 7.12. The lowest BCUT2D eigenvalue weighted by atomic mass is 9.82. The molecule has 0 radical (unpaired) electrons. The molecule has 1 N–H and O–H groups in total. The van der Waals surface area contributed by atoms with E-state index in [1.54, 1.807) is 16.8 Å². The first-order valence-electron chi connectivity index (χ1n) is 13.2. The molecule has 204 valence electrons. The SMILES string of the molecule is CC1CCC(C(=O)N(Cc2ccc(Cl)s2)c2nn(-c3ccc(-c4cc5ncccn5n4)cc3)cc2C(=O)O)CC1. The summed E-state index contributed by atoms with van der Waals surface area (Å²) in [4.78, 5) is 32.9. The third kappa shape index (κ3) is 5.24. The summed E-state index contributed by atoms with van der Waals surface area (Å²) < 4.78 is 3.83. The maximum absolute atomic E-state index is 13.9. The van der Waals surface area contributed by atoms with E-state index >= 15 is 0 Å². The molecular formula is C29H27ClN6O3S. The van der Waals surface area contributed by atoms with Crippen LogP contribution in [-0.4, -0.2) is 41.4 Å². The summed E-state index contributed by atoms with van der Waals surface area (Å²) in [6.07, 6.45) is 8.54. The van der Waals surface area contributed by atoms with Crippen LogP contribution in [0.25, 0.3) is 22.6 Å². The van der Waals surface area contributed by atoms with Crippen molar-refractivity contribution in [2.24, 2.45) is 11.8 Å². The van der Waals surface area contributed by atoms with Gasteiger partial charge in [0.25, 0.3) is 0 Å². The quantitative estimate of drug-likeness (QED) is 0.243. The molecule has 1 amide bonds. The first-order valence-corrected chi connectivity index (χ1v) is 14.3. The van der Waals surface area contributed by atoms with Crippen molar-refractivity contribution in [1.82, 2.24) is 24.4 Å². The van der Waals surface area contributed by atoms with Crippen LogP contribution in [0.15, 0.2) is 67.1 Å². The number of rotatable bonds is 7. The van der Waals surface area contributed by atoms with Gasteiger partial charge in [0.2, 0.25) is 5.91 Å². The Labute approximate surface area is 239 Å². The number of nitrogens with zero attached hydrogens (tertiary/aromatic N) is 6. The maximum Gasteiger partial charge on any atom is 0.341 e. The number of aromatic carboxylic acids is 1. The second-order valence-corrected chi connectivity index (χ2v) is 12.0. The fourth-order valence-electron chi connectivity index (χ4n) is 5.18. The van der Waals surface area contributed by atoms with Crippen LogP contribution in [0.4, 0.5) is 5.82 Å². The van der Waals surface area contributed by atoms with Crippen molar-refractivity contribution < 1.29 is 14.7 Å². The Morgan fingerprint density at radius 1 is 1.10 bits per heavy atom. The summed E-state index contributed by atoms with van der Waals surface area (Å²) in [6.45, 7) is 2.41. The summed E-state index contributed by atoms with van der Waals surface area (Å²) in [5.74, 6) is -0.690. The molecule has 1 aliphatic rings. The number of carbonyl (C=O) groups is 2. The number of thiophene rings is 1. The zero-order valence-corrected chi connectivity index (χ0v) is 23.3. The van der Waals surface area contributed by atoms with Crippen LogP contribution < -0.4 is 4.90 Å². The van der Waals surface area contributed by atoms with Gasteiger partial charge in [-0.05, 0) is 61.9 Å². The molecule has 0 bridgehead atoms. The lowest BCUT2D eigenvalue weighted by Gasteiger charge is -2.30. The van der Waals surface area contributed by atoms with Crippen LogP contribution in [0.3, 0.4) is 0 Å². The average Bonchev–Trinajstić information content (AvgIpc) is 3.70. The second kappa shape index (κ2) is 10.9. The largest absolute Gasteiger partial charge is 0.477 e. The van der Waals surface area contributed by atoms with Crippen LogP contribution in [0.5, 0.6) is 0 Å². The highest BCUT2D eigenvalue weighted by Crippen LogP contribution is 2.34. The molecule has 6 rings (SSSR count). The number of hydrogen-bond acceptors (Lipinski definition) is 6. The molecule has 5 aromatic rings. The molecule has 0 aliphatic heterocycles. The van der Waals surface area contributed by atoms with Crippen molar-refractivity contribution in [3.63, 3.8) is 0 Å². The fraction of sp³-hybridized carbons (Fsp3) is 0.276. The number of aromatic nitrogens is 5. The number of halogens is 1. The molecule has 0 atom stereocenters. The van der Waals surface area contributed by atoms with Crippen LogP contribution in [0.2, 0.25) is 4.34 Å². The number of hydrogen-bond donors (Lipinski definition) is 1. The Balaban J connectivity index is 1.34. The lowest BCUT2D eigenvalue weighted by molar-refractivity contribution is -0.123. The van der Waals surface area contributed by atoms with Crippen molar-refractivity contribution in [2.75, 3.05) is 4.90 Å². The second-order valence-electron chi connectivity index (χ2n) is 10.2. The Morgan fingerprint density at radius 3 is 2.55 bits per heavy atom.